The normalized spacial score (nSPS) is 12.5. The molecule has 0 atom stereocenters. The zero-order chi connectivity index (χ0) is 21.9. The third-order valence-corrected chi connectivity index (χ3v) is 4.59. The molecule has 0 spiro atoms. The van der Waals surface area contributed by atoms with Crippen LogP contribution in [0.4, 0.5) is 8.78 Å². The van der Waals surface area contributed by atoms with Crippen LogP contribution < -0.4 is 4.74 Å². The number of rotatable bonds is 3. The average molecular weight is 429 g/mol. The number of ether oxygens (including phenoxy) is 1. The molecule has 29 heavy (non-hydrogen) atoms. The lowest BCUT2D eigenvalue weighted by molar-refractivity contribution is 0.0930. The Morgan fingerprint density at radius 1 is 1.07 bits per heavy atom. The maximum absolute atomic E-state index is 13.1. The van der Waals surface area contributed by atoms with Crippen molar-refractivity contribution in [2.75, 3.05) is 12.5 Å². The fraction of sp³-hybridized carbons (Fsp3) is 0.300. The number of hydrogen-bond acceptors (Lipinski definition) is 6. The number of phenols is 3. The van der Waals surface area contributed by atoms with E-state index in [0.717, 1.165) is 12.1 Å². The molecule has 9 heteroatoms. The van der Waals surface area contributed by atoms with E-state index in [1.807, 2.05) is 0 Å². The second-order valence-electron chi connectivity index (χ2n) is 6.32. The highest BCUT2D eigenvalue weighted by molar-refractivity contribution is 6.19. The van der Waals surface area contributed by atoms with E-state index in [1.165, 1.54) is 13.8 Å². The Bertz CT molecular complexity index is 974. The number of halogens is 3. The van der Waals surface area contributed by atoms with Crippen molar-refractivity contribution in [3.8, 4) is 23.0 Å². The summed E-state index contributed by atoms with van der Waals surface area (Å²) in [6, 6.07) is 1.84. The monoisotopic (exact) mass is 428 g/mol. The molecule has 156 valence electrons. The van der Waals surface area contributed by atoms with E-state index in [0.29, 0.717) is 5.75 Å². The summed E-state index contributed by atoms with van der Waals surface area (Å²) in [5.41, 5.74) is 0.313. The zero-order valence-electron chi connectivity index (χ0n) is 15.7. The van der Waals surface area contributed by atoms with Gasteiger partial charge in [-0.3, -0.25) is 9.59 Å². The number of aromatic hydroxyl groups is 3. The predicted molar refractivity (Wildman–Crippen MR) is 101 cm³/mol. The van der Waals surface area contributed by atoms with Gasteiger partial charge in [0.25, 0.3) is 0 Å². The van der Waals surface area contributed by atoms with Gasteiger partial charge in [-0.05, 0) is 26.0 Å². The van der Waals surface area contributed by atoms with Crippen LogP contribution in [0, 0.1) is 25.5 Å². The molecule has 0 saturated heterocycles. The maximum atomic E-state index is 13.1. The standard InChI is InChI=1S/C10H10ClFO3.C10H9FO3/c1-5-9(14)6(8(13)2-3-11)4-7(12)10(5)15;1-5-9(13)7(11)4-6-8(12)2-3-14-10(5)6/h4,14-15H,2-3H2,1H3;4,13H,2-3H2,1H3. The number of ketones is 2. The van der Waals surface area contributed by atoms with Crippen molar-refractivity contribution < 1.29 is 38.4 Å². The maximum Gasteiger partial charge on any atom is 0.170 e. The highest BCUT2D eigenvalue weighted by atomic mass is 35.5. The van der Waals surface area contributed by atoms with Gasteiger partial charge in [-0.25, -0.2) is 8.78 Å². The van der Waals surface area contributed by atoms with Crippen LogP contribution >= 0.6 is 11.6 Å². The molecule has 1 aliphatic heterocycles. The molecule has 2 aromatic carbocycles. The van der Waals surface area contributed by atoms with Gasteiger partial charge in [-0.2, -0.15) is 0 Å². The average Bonchev–Trinajstić information content (AvgIpc) is 2.69. The van der Waals surface area contributed by atoms with Crippen LogP contribution in [0.3, 0.4) is 0 Å². The van der Waals surface area contributed by atoms with E-state index in [2.05, 4.69) is 0 Å². The number of hydrogen-bond donors (Lipinski definition) is 3. The Morgan fingerprint density at radius 3 is 2.28 bits per heavy atom. The number of Topliss-reactive ketones (excluding diaryl/α,β-unsaturated/α-hetero) is 2. The third kappa shape index (κ3) is 4.59. The second kappa shape index (κ2) is 9.09. The van der Waals surface area contributed by atoms with Crippen molar-refractivity contribution in [2.45, 2.75) is 26.7 Å². The number of benzene rings is 2. The highest BCUT2D eigenvalue weighted by Crippen LogP contribution is 2.36. The predicted octanol–water partition coefficient (Wildman–Crippen LogP) is 4.16. The van der Waals surface area contributed by atoms with Crippen LogP contribution in [-0.2, 0) is 0 Å². The van der Waals surface area contributed by atoms with E-state index in [4.69, 9.17) is 21.4 Å². The van der Waals surface area contributed by atoms with E-state index in [-0.39, 0.29) is 53.4 Å². The molecule has 3 N–H and O–H groups in total. The lowest BCUT2D eigenvalue weighted by atomic mass is 10.0. The molecule has 0 aliphatic carbocycles. The van der Waals surface area contributed by atoms with E-state index < -0.39 is 34.7 Å². The fourth-order valence-corrected chi connectivity index (χ4v) is 2.88. The first-order chi connectivity index (χ1) is 13.6. The summed E-state index contributed by atoms with van der Waals surface area (Å²) in [4.78, 5) is 22.8. The van der Waals surface area contributed by atoms with Gasteiger partial charge in [0.1, 0.15) is 11.5 Å². The molecule has 2 aromatic rings. The molecule has 3 rings (SSSR count). The number of phenolic OH excluding ortho intramolecular Hbond substituents is 3. The third-order valence-electron chi connectivity index (χ3n) is 4.40. The van der Waals surface area contributed by atoms with Gasteiger partial charge in [-0.1, -0.05) is 0 Å². The van der Waals surface area contributed by atoms with Crippen LogP contribution in [0.25, 0.3) is 0 Å². The minimum absolute atomic E-state index is 0.0127. The SMILES string of the molecule is Cc1c(O)c(F)cc(C(=O)CCCl)c1O.Cc1c(O)c(F)cc2c1OCCC2=O. The van der Waals surface area contributed by atoms with Crippen molar-refractivity contribution >= 4 is 23.2 Å². The van der Waals surface area contributed by atoms with E-state index >= 15 is 0 Å². The zero-order valence-corrected chi connectivity index (χ0v) is 16.4. The Labute approximate surface area is 170 Å². The van der Waals surface area contributed by atoms with Gasteiger partial charge < -0.3 is 20.1 Å². The fourth-order valence-electron chi connectivity index (χ4n) is 2.71. The molecular weight excluding hydrogens is 410 g/mol. The quantitative estimate of drug-likeness (QED) is 0.501. The molecule has 0 aromatic heterocycles. The van der Waals surface area contributed by atoms with Gasteiger partial charge in [-0.15, -0.1) is 11.6 Å². The van der Waals surface area contributed by atoms with Gasteiger partial charge >= 0.3 is 0 Å². The number of carbonyl (C=O) groups is 2. The summed E-state index contributed by atoms with van der Waals surface area (Å²) < 4.78 is 31.4. The van der Waals surface area contributed by atoms with Crippen LogP contribution in [0.15, 0.2) is 12.1 Å². The van der Waals surface area contributed by atoms with E-state index in [1.54, 1.807) is 0 Å². The van der Waals surface area contributed by atoms with Crippen LogP contribution in [0.5, 0.6) is 23.0 Å². The Kier molecular flexibility index (Phi) is 7.02. The lowest BCUT2D eigenvalue weighted by Crippen LogP contribution is -2.16. The summed E-state index contributed by atoms with van der Waals surface area (Å²) >= 11 is 5.36. The molecule has 0 radical (unpaired) electrons. The molecule has 0 amide bonds. The van der Waals surface area contributed by atoms with E-state index in [9.17, 15) is 28.6 Å². The van der Waals surface area contributed by atoms with Gasteiger partial charge in [0.2, 0.25) is 0 Å². The molecular formula is C20H19ClF2O6. The van der Waals surface area contributed by atoms with Gasteiger partial charge in [0.05, 0.1) is 17.7 Å². The first kappa shape index (κ1) is 22.4. The van der Waals surface area contributed by atoms with Crippen molar-refractivity contribution in [1.82, 2.24) is 0 Å². The van der Waals surface area contributed by atoms with Crippen LogP contribution in [0.2, 0.25) is 0 Å². The molecule has 0 saturated carbocycles. The van der Waals surface area contributed by atoms with Crippen LogP contribution in [-0.4, -0.2) is 39.4 Å². The van der Waals surface area contributed by atoms with Gasteiger partial charge in [0, 0.05) is 29.8 Å². The molecule has 0 bridgehead atoms. The smallest absolute Gasteiger partial charge is 0.170 e. The summed E-state index contributed by atoms with van der Waals surface area (Å²) in [6.07, 6.45) is 0.273. The molecule has 1 aliphatic rings. The van der Waals surface area contributed by atoms with Crippen molar-refractivity contribution in [1.29, 1.82) is 0 Å². The molecule has 0 fully saturated rings. The summed E-state index contributed by atoms with van der Waals surface area (Å²) in [5, 5.41) is 27.9. The first-order valence-corrected chi connectivity index (χ1v) is 9.11. The topological polar surface area (TPSA) is 104 Å². The van der Waals surface area contributed by atoms with Gasteiger partial charge in [0.15, 0.2) is 34.7 Å². The van der Waals surface area contributed by atoms with Crippen molar-refractivity contribution in [3.63, 3.8) is 0 Å². The lowest BCUT2D eigenvalue weighted by Gasteiger charge is -2.19. The Morgan fingerprint density at radius 2 is 1.66 bits per heavy atom. The minimum atomic E-state index is -0.928. The Balaban J connectivity index is 0.000000207. The summed E-state index contributed by atoms with van der Waals surface area (Å²) in [6.45, 7) is 3.14. The number of carbonyl (C=O) groups excluding carboxylic acids is 2. The molecule has 0 unspecified atom stereocenters. The minimum Gasteiger partial charge on any atom is -0.507 e. The molecule has 6 nitrogen and oxygen atoms in total. The van der Waals surface area contributed by atoms with Crippen LogP contribution in [0.1, 0.15) is 44.7 Å². The van der Waals surface area contributed by atoms with Crippen molar-refractivity contribution in [3.05, 3.63) is 46.0 Å². The number of alkyl halides is 1. The molecule has 1 heterocycles. The summed E-state index contributed by atoms with van der Waals surface area (Å²) in [7, 11) is 0. The Hall–Kier alpha value is -2.87. The largest absolute Gasteiger partial charge is 0.507 e. The second-order valence-corrected chi connectivity index (χ2v) is 6.70. The number of fused-ring (bicyclic) bond motifs is 1. The first-order valence-electron chi connectivity index (χ1n) is 8.58. The highest BCUT2D eigenvalue weighted by Gasteiger charge is 2.24. The summed E-state index contributed by atoms with van der Waals surface area (Å²) in [5.74, 6) is -3.39. The van der Waals surface area contributed by atoms with Crippen molar-refractivity contribution in [2.24, 2.45) is 0 Å².